The molecule has 1 aromatic carbocycles. The van der Waals surface area contributed by atoms with Gasteiger partial charge in [-0.3, -0.25) is 4.90 Å². The molecule has 1 heterocycles. The molecule has 0 aliphatic carbocycles. The predicted molar refractivity (Wildman–Crippen MR) is 90.2 cm³/mol. The van der Waals surface area contributed by atoms with Crippen molar-refractivity contribution in [2.45, 2.75) is 6.92 Å². The second-order valence-corrected chi connectivity index (χ2v) is 5.94. The summed E-state index contributed by atoms with van der Waals surface area (Å²) in [6.45, 7) is 8.46. The van der Waals surface area contributed by atoms with Crippen molar-refractivity contribution in [3.05, 3.63) is 29.8 Å². The van der Waals surface area contributed by atoms with Gasteiger partial charge in [-0.15, -0.1) is 0 Å². The molecule has 0 saturated carbocycles. The number of carboxylic acid groups (broad SMARTS) is 1. The SMILES string of the molecule is CCOc1cc(/C=C/C(=O)[O-])ccc1OCCN1CC[NH+](C)CC1. The Bertz CT molecular complexity index is 566. The highest BCUT2D eigenvalue weighted by Gasteiger charge is 2.16. The van der Waals surface area contributed by atoms with E-state index in [1.807, 2.05) is 13.0 Å². The first kappa shape index (κ1) is 18.3. The van der Waals surface area contributed by atoms with Gasteiger partial charge in [0.2, 0.25) is 0 Å². The summed E-state index contributed by atoms with van der Waals surface area (Å²) < 4.78 is 11.5. The molecule has 6 nitrogen and oxygen atoms in total. The molecule has 1 N–H and O–H groups in total. The van der Waals surface area contributed by atoms with Crippen LogP contribution in [0, 0.1) is 0 Å². The summed E-state index contributed by atoms with van der Waals surface area (Å²) in [6, 6.07) is 5.39. The molecule has 0 atom stereocenters. The number of nitrogens with zero attached hydrogens (tertiary/aromatic N) is 1. The van der Waals surface area contributed by atoms with Crippen LogP contribution in [0.5, 0.6) is 11.5 Å². The number of piperazine rings is 1. The number of carbonyl (C=O) groups excluding carboxylic acids is 1. The standard InChI is InChI=1S/C18H26N2O4/c1-3-23-17-14-15(5-7-18(21)22)4-6-16(17)24-13-12-20-10-8-19(2)9-11-20/h4-7,14H,3,8-13H2,1-2H3,(H,21,22)/b7-5+. The Morgan fingerprint density at radius 1 is 1.29 bits per heavy atom. The Labute approximate surface area is 143 Å². The largest absolute Gasteiger partial charge is 0.545 e. The van der Waals surface area contributed by atoms with Crippen molar-refractivity contribution in [2.75, 3.05) is 53.0 Å². The molecule has 0 spiro atoms. The van der Waals surface area contributed by atoms with Gasteiger partial charge in [0.25, 0.3) is 0 Å². The van der Waals surface area contributed by atoms with Gasteiger partial charge in [-0.05, 0) is 30.7 Å². The molecule has 132 valence electrons. The minimum atomic E-state index is -1.22. The van der Waals surface area contributed by atoms with Crippen molar-refractivity contribution in [2.24, 2.45) is 0 Å². The number of quaternary nitrogens is 1. The molecular weight excluding hydrogens is 308 g/mol. The van der Waals surface area contributed by atoms with Crippen LogP contribution in [0.4, 0.5) is 0 Å². The van der Waals surface area contributed by atoms with Crippen LogP contribution in [-0.4, -0.2) is 63.9 Å². The molecule has 0 amide bonds. The summed E-state index contributed by atoms with van der Waals surface area (Å²) in [5.41, 5.74) is 0.733. The summed E-state index contributed by atoms with van der Waals surface area (Å²) in [5, 5.41) is 10.5. The van der Waals surface area contributed by atoms with Gasteiger partial charge in [-0.25, -0.2) is 0 Å². The normalized spacial score (nSPS) is 16.4. The first-order valence-corrected chi connectivity index (χ1v) is 8.41. The zero-order valence-electron chi connectivity index (χ0n) is 14.4. The molecule has 0 unspecified atom stereocenters. The average molecular weight is 334 g/mol. The van der Waals surface area contributed by atoms with Crippen molar-refractivity contribution in [3.63, 3.8) is 0 Å². The van der Waals surface area contributed by atoms with Crippen LogP contribution in [0.1, 0.15) is 12.5 Å². The third kappa shape index (κ3) is 5.86. The quantitative estimate of drug-likeness (QED) is 0.622. The lowest BCUT2D eigenvalue weighted by Crippen LogP contribution is -3.12. The average Bonchev–Trinajstić information content (AvgIpc) is 2.56. The number of nitrogens with one attached hydrogen (secondary N) is 1. The van der Waals surface area contributed by atoms with E-state index in [1.165, 1.54) is 19.2 Å². The van der Waals surface area contributed by atoms with E-state index in [0.717, 1.165) is 31.3 Å². The van der Waals surface area contributed by atoms with Crippen LogP contribution in [0.2, 0.25) is 0 Å². The Balaban J connectivity index is 1.92. The Morgan fingerprint density at radius 2 is 2.04 bits per heavy atom. The van der Waals surface area contributed by atoms with E-state index in [4.69, 9.17) is 9.47 Å². The van der Waals surface area contributed by atoms with Gasteiger partial charge in [0, 0.05) is 19.6 Å². The molecule has 2 rings (SSSR count). The minimum absolute atomic E-state index is 0.519. The smallest absolute Gasteiger partial charge is 0.161 e. The van der Waals surface area contributed by atoms with E-state index in [2.05, 4.69) is 11.9 Å². The second kappa shape index (κ2) is 9.30. The fourth-order valence-corrected chi connectivity index (χ4v) is 2.62. The lowest BCUT2D eigenvalue weighted by Gasteiger charge is -2.29. The molecule has 6 heteroatoms. The Kier molecular flexibility index (Phi) is 7.08. The van der Waals surface area contributed by atoms with Crippen molar-refractivity contribution in [3.8, 4) is 11.5 Å². The monoisotopic (exact) mass is 334 g/mol. The minimum Gasteiger partial charge on any atom is -0.545 e. The molecule has 0 aromatic heterocycles. The van der Waals surface area contributed by atoms with Crippen LogP contribution in [0.25, 0.3) is 6.08 Å². The molecule has 24 heavy (non-hydrogen) atoms. The number of carbonyl (C=O) groups is 1. The van der Waals surface area contributed by atoms with Crippen LogP contribution in [0.15, 0.2) is 24.3 Å². The van der Waals surface area contributed by atoms with Crippen molar-refractivity contribution in [1.82, 2.24) is 4.90 Å². The topological polar surface area (TPSA) is 66.3 Å². The molecule has 0 radical (unpaired) electrons. The van der Waals surface area contributed by atoms with Gasteiger partial charge < -0.3 is 24.3 Å². The zero-order valence-corrected chi connectivity index (χ0v) is 14.4. The number of ether oxygens (including phenoxy) is 2. The lowest BCUT2D eigenvalue weighted by molar-refractivity contribution is -0.884. The summed E-state index contributed by atoms with van der Waals surface area (Å²) in [7, 11) is 2.22. The first-order chi connectivity index (χ1) is 11.6. The fourth-order valence-electron chi connectivity index (χ4n) is 2.62. The highest BCUT2D eigenvalue weighted by atomic mass is 16.5. The van der Waals surface area contributed by atoms with Crippen LogP contribution in [-0.2, 0) is 4.79 Å². The molecule has 1 fully saturated rings. The maximum atomic E-state index is 10.5. The van der Waals surface area contributed by atoms with Crippen LogP contribution >= 0.6 is 0 Å². The lowest BCUT2D eigenvalue weighted by atomic mass is 10.2. The van der Waals surface area contributed by atoms with Gasteiger partial charge in [0.05, 0.1) is 32.7 Å². The number of benzene rings is 1. The number of rotatable bonds is 8. The third-order valence-electron chi connectivity index (χ3n) is 4.05. The van der Waals surface area contributed by atoms with Gasteiger partial charge in [0.15, 0.2) is 11.5 Å². The maximum absolute atomic E-state index is 10.5. The van der Waals surface area contributed by atoms with Crippen LogP contribution in [0.3, 0.4) is 0 Å². The molecule has 1 saturated heterocycles. The Morgan fingerprint density at radius 3 is 2.71 bits per heavy atom. The van der Waals surface area contributed by atoms with Gasteiger partial charge in [-0.1, -0.05) is 12.1 Å². The van der Waals surface area contributed by atoms with Crippen LogP contribution < -0.4 is 19.5 Å². The van der Waals surface area contributed by atoms with E-state index in [-0.39, 0.29) is 0 Å². The van der Waals surface area contributed by atoms with Crippen molar-refractivity contribution < 1.29 is 24.3 Å². The van der Waals surface area contributed by atoms with E-state index < -0.39 is 5.97 Å². The first-order valence-electron chi connectivity index (χ1n) is 8.41. The second-order valence-electron chi connectivity index (χ2n) is 5.94. The number of carboxylic acids is 1. The molecule has 1 aromatic rings. The zero-order chi connectivity index (χ0) is 17.4. The van der Waals surface area contributed by atoms with Crippen molar-refractivity contribution in [1.29, 1.82) is 0 Å². The number of aliphatic carboxylic acids is 1. The summed E-state index contributed by atoms with van der Waals surface area (Å²) in [6.07, 6.45) is 2.48. The molecule has 0 bridgehead atoms. The summed E-state index contributed by atoms with van der Waals surface area (Å²) in [5.74, 6) is 0.0883. The summed E-state index contributed by atoms with van der Waals surface area (Å²) in [4.78, 5) is 14.5. The van der Waals surface area contributed by atoms with Gasteiger partial charge in [0.1, 0.15) is 6.61 Å². The molecule has 1 aliphatic heterocycles. The highest BCUT2D eigenvalue weighted by Crippen LogP contribution is 2.29. The molecule has 1 aliphatic rings. The summed E-state index contributed by atoms with van der Waals surface area (Å²) >= 11 is 0. The van der Waals surface area contributed by atoms with Gasteiger partial charge in [-0.2, -0.15) is 0 Å². The van der Waals surface area contributed by atoms with Gasteiger partial charge >= 0.3 is 0 Å². The number of hydrogen-bond acceptors (Lipinski definition) is 5. The van der Waals surface area contributed by atoms with Crippen molar-refractivity contribution >= 4 is 12.0 Å². The van der Waals surface area contributed by atoms with E-state index in [9.17, 15) is 9.90 Å². The van der Waals surface area contributed by atoms with E-state index >= 15 is 0 Å². The van der Waals surface area contributed by atoms with E-state index in [1.54, 1.807) is 17.0 Å². The number of hydrogen-bond donors (Lipinski definition) is 1. The fraction of sp³-hybridized carbons (Fsp3) is 0.500. The number of likely N-dealkylation sites (N-methyl/N-ethyl adjacent to an activating group) is 1. The van der Waals surface area contributed by atoms with E-state index in [0.29, 0.717) is 24.7 Å². The molecular formula is C18H26N2O4. The third-order valence-corrected chi connectivity index (χ3v) is 4.05. The Hall–Kier alpha value is -2.05. The highest BCUT2D eigenvalue weighted by molar-refractivity contribution is 5.83. The maximum Gasteiger partial charge on any atom is 0.161 e. The predicted octanol–water partition coefficient (Wildman–Crippen LogP) is -0.942.